The number of nitrogens with one attached hydrogen (secondary N) is 2. The number of aryl methyl sites for hydroxylation is 1. The fourth-order valence-electron chi connectivity index (χ4n) is 2.13. The Balaban J connectivity index is 1.96. The second-order valence-corrected chi connectivity index (χ2v) is 5.15. The Kier molecular flexibility index (Phi) is 4.46. The fraction of sp³-hybridized carbons (Fsp3) is 0.0625. The van der Waals surface area contributed by atoms with E-state index in [2.05, 4.69) is 25.6 Å². The van der Waals surface area contributed by atoms with Crippen LogP contribution in [0.25, 0.3) is 0 Å². The van der Waals surface area contributed by atoms with Crippen molar-refractivity contribution in [2.75, 3.05) is 10.6 Å². The second kappa shape index (κ2) is 6.87. The largest absolute Gasteiger partial charge is 0.353 e. The molecular weight excluding hydrogens is 327 g/mol. The van der Waals surface area contributed by atoms with Crippen LogP contribution in [0.2, 0.25) is 0 Å². The number of nitro groups is 1. The standard InChI is InChI=1S/C16H13FN6O2/c1-10-6-7-18-13(8-10)22-16-14(23(24)25)15(19-9-20-16)21-12-4-2-11(17)3-5-12/h2-9H,1H3,(H2,18,19,20,21,22). The van der Waals surface area contributed by atoms with Crippen LogP contribution in [0.3, 0.4) is 0 Å². The van der Waals surface area contributed by atoms with Gasteiger partial charge in [0.05, 0.1) is 4.92 Å². The van der Waals surface area contributed by atoms with E-state index in [0.717, 1.165) is 5.56 Å². The first kappa shape index (κ1) is 16.2. The fourth-order valence-corrected chi connectivity index (χ4v) is 2.13. The van der Waals surface area contributed by atoms with Gasteiger partial charge in [-0.05, 0) is 48.9 Å². The summed E-state index contributed by atoms with van der Waals surface area (Å²) >= 11 is 0. The molecule has 9 heteroatoms. The first-order valence-electron chi connectivity index (χ1n) is 7.24. The molecule has 0 aliphatic heterocycles. The van der Waals surface area contributed by atoms with Crippen LogP contribution in [-0.2, 0) is 0 Å². The molecule has 1 aromatic carbocycles. The van der Waals surface area contributed by atoms with Crippen molar-refractivity contribution in [2.24, 2.45) is 0 Å². The first-order valence-corrected chi connectivity index (χ1v) is 7.24. The molecule has 0 bridgehead atoms. The van der Waals surface area contributed by atoms with Gasteiger partial charge in [-0.15, -0.1) is 0 Å². The minimum atomic E-state index is -0.593. The highest BCUT2D eigenvalue weighted by molar-refractivity contribution is 5.76. The van der Waals surface area contributed by atoms with E-state index in [9.17, 15) is 14.5 Å². The maximum atomic E-state index is 13.0. The molecule has 0 amide bonds. The monoisotopic (exact) mass is 340 g/mol. The van der Waals surface area contributed by atoms with E-state index in [1.165, 1.54) is 30.6 Å². The highest BCUT2D eigenvalue weighted by Crippen LogP contribution is 2.32. The number of hydrogen-bond acceptors (Lipinski definition) is 7. The molecule has 0 radical (unpaired) electrons. The molecule has 2 heterocycles. The second-order valence-electron chi connectivity index (χ2n) is 5.15. The van der Waals surface area contributed by atoms with Crippen LogP contribution in [0.4, 0.5) is 33.2 Å². The molecule has 2 aromatic heterocycles. The van der Waals surface area contributed by atoms with Crippen molar-refractivity contribution in [3.05, 3.63) is 70.4 Å². The number of halogens is 1. The van der Waals surface area contributed by atoms with Gasteiger partial charge in [-0.2, -0.15) is 0 Å². The van der Waals surface area contributed by atoms with Crippen molar-refractivity contribution in [3.63, 3.8) is 0 Å². The van der Waals surface area contributed by atoms with Gasteiger partial charge in [-0.3, -0.25) is 10.1 Å². The average Bonchev–Trinajstić information content (AvgIpc) is 2.57. The maximum absolute atomic E-state index is 13.0. The Morgan fingerprint density at radius 3 is 2.36 bits per heavy atom. The number of rotatable bonds is 5. The number of pyridine rings is 1. The maximum Gasteiger partial charge on any atom is 0.353 e. The minimum Gasteiger partial charge on any atom is -0.334 e. The van der Waals surface area contributed by atoms with E-state index < -0.39 is 10.7 Å². The normalized spacial score (nSPS) is 10.3. The van der Waals surface area contributed by atoms with Gasteiger partial charge in [-0.25, -0.2) is 19.3 Å². The molecular formula is C16H13FN6O2. The van der Waals surface area contributed by atoms with Gasteiger partial charge in [0.15, 0.2) is 0 Å². The van der Waals surface area contributed by atoms with Crippen molar-refractivity contribution in [1.29, 1.82) is 0 Å². The summed E-state index contributed by atoms with van der Waals surface area (Å²) in [6.45, 7) is 1.88. The summed E-state index contributed by atoms with van der Waals surface area (Å²) in [5.74, 6) is 0.00891. The Morgan fingerprint density at radius 1 is 1.04 bits per heavy atom. The number of nitrogens with zero attached hydrogens (tertiary/aromatic N) is 4. The molecule has 0 unspecified atom stereocenters. The van der Waals surface area contributed by atoms with E-state index in [-0.39, 0.29) is 17.3 Å². The van der Waals surface area contributed by atoms with Crippen LogP contribution in [0, 0.1) is 22.9 Å². The van der Waals surface area contributed by atoms with Crippen LogP contribution < -0.4 is 10.6 Å². The molecule has 0 saturated carbocycles. The Bertz CT molecular complexity index is 917. The Morgan fingerprint density at radius 2 is 1.72 bits per heavy atom. The van der Waals surface area contributed by atoms with Crippen LogP contribution in [-0.4, -0.2) is 19.9 Å². The Hall–Kier alpha value is -3.62. The van der Waals surface area contributed by atoms with Gasteiger partial charge < -0.3 is 10.6 Å². The van der Waals surface area contributed by atoms with Gasteiger partial charge in [0.25, 0.3) is 0 Å². The van der Waals surface area contributed by atoms with E-state index in [1.807, 2.05) is 6.92 Å². The number of benzene rings is 1. The van der Waals surface area contributed by atoms with E-state index in [4.69, 9.17) is 0 Å². The SMILES string of the molecule is Cc1ccnc(Nc2ncnc(Nc3ccc(F)cc3)c2[N+](=O)[O-])c1. The summed E-state index contributed by atoms with van der Waals surface area (Å²) in [5.41, 5.74) is 1.07. The molecule has 0 spiro atoms. The summed E-state index contributed by atoms with van der Waals surface area (Å²) < 4.78 is 13.0. The lowest BCUT2D eigenvalue weighted by atomic mass is 10.3. The molecule has 0 fully saturated rings. The highest BCUT2D eigenvalue weighted by Gasteiger charge is 2.23. The molecule has 3 rings (SSSR count). The average molecular weight is 340 g/mol. The highest BCUT2D eigenvalue weighted by atomic mass is 19.1. The predicted molar refractivity (Wildman–Crippen MR) is 90.6 cm³/mol. The van der Waals surface area contributed by atoms with Crippen LogP contribution in [0.1, 0.15) is 5.56 Å². The van der Waals surface area contributed by atoms with E-state index in [1.54, 1.807) is 18.3 Å². The van der Waals surface area contributed by atoms with Gasteiger partial charge in [0, 0.05) is 11.9 Å². The molecule has 0 aliphatic rings. The summed E-state index contributed by atoms with van der Waals surface area (Å²) in [4.78, 5) is 22.9. The minimum absolute atomic E-state index is 0.00251. The number of aromatic nitrogens is 3. The van der Waals surface area contributed by atoms with Crippen LogP contribution in [0.15, 0.2) is 48.9 Å². The van der Waals surface area contributed by atoms with E-state index >= 15 is 0 Å². The quantitative estimate of drug-likeness (QED) is 0.538. The smallest absolute Gasteiger partial charge is 0.334 e. The molecule has 0 saturated heterocycles. The van der Waals surface area contributed by atoms with Crippen molar-refractivity contribution < 1.29 is 9.31 Å². The first-order chi connectivity index (χ1) is 12.0. The predicted octanol–water partition coefficient (Wildman–Crippen LogP) is 3.71. The van der Waals surface area contributed by atoms with Crippen molar-refractivity contribution in [1.82, 2.24) is 15.0 Å². The van der Waals surface area contributed by atoms with Crippen molar-refractivity contribution in [2.45, 2.75) is 6.92 Å². The summed E-state index contributed by atoms with van der Waals surface area (Å²) in [6, 6.07) is 8.93. The van der Waals surface area contributed by atoms with Gasteiger partial charge in [0.2, 0.25) is 11.6 Å². The van der Waals surface area contributed by atoms with Gasteiger partial charge >= 0.3 is 5.69 Å². The molecule has 126 valence electrons. The zero-order chi connectivity index (χ0) is 17.8. The lowest BCUT2D eigenvalue weighted by Gasteiger charge is -2.10. The number of hydrogen-bond donors (Lipinski definition) is 2. The lowest BCUT2D eigenvalue weighted by molar-refractivity contribution is -0.383. The van der Waals surface area contributed by atoms with Crippen LogP contribution in [0.5, 0.6) is 0 Å². The van der Waals surface area contributed by atoms with Crippen molar-refractivity contribution >= 4 is 28.8 Å². The third-order valence-corrected chi connectivity index (χ3v) is 3.27. The van der Waals surface area contributed by atoms with E-state index in [0.29, 0.717) is 11.5 Å². The van der Waals surface area contributed by atoms with Crippen LogP contribution >= 0.6 is 0 Å². The molecule has 0 atom stereocenters. The third-order valence-electron chi connectivity index (χ3n) is 3.27. The topological polar surface area (TPSA) is 106 Å². The summed E-state index contributed by atoms with van der Waals surface area (Å²) in [7, 11) is 0. The molecule has 8 nitrogen and oxygen atoms in total. The molecule has 25 heavy (non-hydrogen) atoms. The summed E-state index contributed by atoms with van der Waals surface area (Å²) in [5, 5.41) is 17.1. The Labute approximate surface area is 141 Å². The molecule has 0 aliphatic carbocycles. The zero-order valence-corrected chi connectivity index (χ0v) is 13.1. The molecule has 2 N–H and O–H groups in total. The lowest BCUT2D eigenvalue weighted by Crippen LogP contribution is -2.06. The molecule has 3 aromatic rings. The zero-order valence-electron chi connectivity index (χ0n) is 13.1. The number of anilines is 4. The van der Waals surface area contributed by atoms with Gasteiger partial charge in [-0.1, -0.05) is 0 Å². The van der Waals surface area contributed by atoms with Gasteiger partial charge in [0.1, 0.15) is 18.0 Å². The summed E-state index contributed by atoms with van der Waals surface area (Å²) in [6.07, 6.45) is 2.78. The van der Waals surface area contributed by atoms with Crippen molar-refractivity contribution in [3.8, 4) is 0 Å². The third kappa shape index (κ3) is 3.83.